The average Bonchev–Trinajstić information content (AvgIpc) is 0.849. The van der Waals surface area contributed by atoms with Crippen molar-refractivity contribution in [2.75, 3.05) is 33.0 Å². The number of hydrogen-bond acceptors (Lipinski definition) is 12. The van der Waals surface area contributed by atoms with E-state index in [-0.39, 0.29) is 0 Å². The Morgan fingerprint density at radius 3 is 0.980 bits per heavy atom. The number of aromatic nitrogens is 5. The molecule has 0 spiro atoms. The van der Waals surface area contributed by atoms with Crippen LogP contribution in [-0.2, 0) is 6.42 Å². The molecule has 0 atom stereocenters. The van der Waals surface area contributed by atoms with Gasteiger partial charge in [-0.15, -0.1) is 0 Å². The topological polar surface area (TPSA) is 137 Å². The summed E-state index contributed by atoms with van der Waals surface area (Å²) in [7, 11) is 0. The average molecular weight is 1360 g/mol. The molecule has 0 aliphatic rings. The number of benzene rings is 9. The van der Waals surface area contributed by atoms with Gasteiger partial charge in [-0.1, -0.05) is 171 Å². The second-order valence-corrected chi connectivity index (χ2v) is 25.4. The molecule has 3 aromatic heterocycles. The Hall–Kier alpha value is -11.2. The first-order chi connectivity index (χ1) is 50.0. The molecule has 12 rings (SSSR count). The molecule has 0 saturated heterocycles. The summed E-state index contributed by atoms with van der Waals surface area (Å²) >= 11 is 0. The van der Waals surface area contributed by atoms with E-state index in [2.05, 4.69) is 186 Å². The van der Waals surface area contributed by atoms with Gasteiger partial charge in [0.05, 0.1) is 50.5 Å². The summed E-state index contributed by atoms with van der Waals surface area (Å²) in [4.78, 5) is 34.4. The first kappa shape index (κ1) is 73.5. The van der Waals surface area contributed by atoms with Crippen LogP contribution in [0, 0.1) is 27.7 Å². The van der Waals surface area contributed by atoms with Gasteiger partial charge >= 0.3 is 5.97 Å². The van der Waals surface area contributed by atoms with E-state index < -0.39 is 5.97 Å². The fourth-order valence-electron chi connectivity index (χ4n) is 10.8. The van der Waals surface area contributed by atoms with Crippen molar-refractivity contribution >= 4 is 5.97 Å². The van der Waals surface area contributed by atoms with Crippen molar-refractivity contribution in [1.82, 2.24) is 24.9 Å². The number of aryl methyl sites for hydroxylation is 5. The second kappa shape index (κ2) is 39.5. The lowest BCUT2D eigenvalue weighted by molar-refractivity contribution is 0.0734. The molecule has 0 radical (unpaired) electrons. The smallest absolute Gasteiger partial charge is 0.343 e. The quantitative estimate of drug-likeness (QED) is 0.0232. The van der Waals surface area contributed by atoms with Gasteiger partial charge in [0.1, 0.15) is 40.3 Å². The molecular weight excluding hydrogens is 1260 g/mol. The number of carbonyl (C=O) groups excluding carboxylic acids is 1. The van der Waals surface area contributed by atoms with Gasteiger partial charge in [0.15, 0.2) is 5.82 Å². The number of nitrogens with zero attached hydrogens (tertiary/aromatic N) is 5. The normalized spacial score (nSPS) is 10.7. The predicted molar refractivity (Wildman–Crippen MR) is 413 cm³/mol. The zero-order chi connectivity index (χ0) is 70.9. The van der Waals surface area contributed by atoms with Gasteiger partial charge in [-0.05, 0) is 232 Å². The van der Waals surface area contributed by atoms with Crippen molar-refractivity contribution in [3.05, 3.63) is 295 Å². The minimum Gasteiger partial charge on any atom is -0.494 e. The lowest BCUT2D eigenvalue weighted by Gasteiger charge is -2.09. The number of esters is 1. The molecular formula is C90H93N5O7. The van der Waals surface area contributed by atoms with Crippen LogP contribution < -0.4 is 28.4 Å². The Kier molecular flexibility index (Phi) is 28.5. The number of ether oxygens (including phenoxy) is 6. The molecule has 102 heavy (non-hydrogen) atoms. The molecule has 12 aromatic rings. The first-order valence-corrected chi connectivity index (χ1v) is 35.7. The molecule has 9 aromatic carbocycles. The Morgan fingerprint density at radius 1 is 0.275 bits per heavy atom. The van der Waals surface area contributed by atoms with Gasteiger partial charge in [-0.2, -0.15) is 0 Å². The molecule has 0 fully saturated rings. The zero-order valence-corrected chi connectivity index (χ0v) is 59.7. The SMILES string of the molecule is CCCCOc1ccc(-c2ccc(OCCCCCCOc3ccc(-c4ccc(OCCCC)cn4)cc3)cc2)cc1.Cc1ccc(-c2ccc(-c3ccc(-c4ncc(C)cn4)cc3)cc2)cc1.Cc1ccc(-c2ccc(OC(=O)c3ccc(OCCCCc4ncc(C)cn4)cc3)cc2)cc1. The summed E-state index contributed by atoms with van der Waals surface area (Å²) in [6, 6.07) is 77.4. The summed E-state index contributed by atoms with van der Waals surface area (Å²) in [5.41, 5.74) is 17.6. The summed E-state index contributed by atoms with van der Waals surface area (Å²) in [6.45, 7) is 16.0. The number of unbranched alkanes of at least 4 members (excludes halogenated alkanes) is 6. The minimum atomic E-state index is -0.396. The Labute approximate surface area is 602 Å². The van der Waals surface area contributed by atoms with Crippen molar-refractivity contribution < 1.29 is 33.2 Å². The van der Waals surface area contributed by atoms with E-state index in [1.165, 1.54) is 44.5 Å². The molecule has 0 aliphatic heterocycles. The van der Waals surface area contributed by atoms with Crippen LogP contribution in [0.15, 0.2) is 262 Å². The number of pyridine rings is 1. The van der Waals surface area contributed by atoms with Gasteiger partial charge in [0.25, 0.3) is 0 Å². The van der Waals surface area contributed by atoms with E-state index in [0.29, 0.717) is 17.9 Å². The maximum atomic E-state index is 12.5. The molecule has 0 bridgehead atoms. The van der Waals surface area contributed by atoms with E-state index in [4.69, 9.17) is 28.4 Å². The third-order valence-corrected chi connectivity index (χ3v) is 17.0. The summed E-state index contributed by atoms with van der Waals surface area (Å²) < 4.78 is 34.7. The van der Waals surface area contributed by atoms with Crippen molar-refractivity contribution in [2.45, 2.75) is 112 Å². The monoisotopic (exact) mass is 1360 g/mol. The van der Waals surface area contributed by atoms with Gasteiger partial charge in [-0.3, -0.25) is 4.98 Å². The van der Waals surface area contributed by atoms with Crippen LogP contribution in [0.1, 0.15) is 116 Å². The van der Waals surface area contributed by atoms with Crippen LogP contribution in [0.4, 0.5) is 0 Å². The van der Waals surface area contributed by atoms with Crippen molar-refractivity contribution in [2.24, 2.45) is 0 Å². The minimum absolute atomic E-state index is 0.396. The van der Waals surface area contributed by atoms with Crippen LogP contribution in [0.5, 0.6) is 34.5 Å². The Bertz CT molecular complexity index is 4200. The summed E-state index contributed by atoms with van der Waals surface area (Å²) in [5, 5.41) is 0. The predicted octanol–water partition coefficient (Wildman–Crippen LogP) is 22.3. The lowest BCUT2D eigenvalue weighted by Crippen LogP contribution is -2.08. The lowest BCUT2D eigenvalue weighted by atomic mass is 9.99. The standard InChI is InChI=1S/C37H45NO4.C29H28N2O3.C24H20N2/c1-3-5-25-39-33-17-11-30(12-18-33)31-13-19-34(20-14-31)40-27-9-7-8-10-28-41-35-21-15-32(16-22-35)37-24-23-36(29-38-37)42-26-6-4-2;1-21-6-8-23(9-7-21)24-10-16-27(17-11-24)34-29(32)25-12-14-26(15-13-25)33-18-4-3-5-28-30-19-22(2)20-31-28;1-17-3-5-19(6-4-17)20-7-9-21(10-8-20)22-11-13-23(14-12-22)24-25-15-18(2)16-26-24/h11-24,29H,3-10,25-28H2,1-2H3;6-17,19-20H,3-5,18H2,1-2H3;3-16H,1-2H3. The largest absolute Gasteiger partial charge is 0.494 e. The molecule has 0 unspecified atom stereocenters. The Morgan fingerprint density at radius 2 is 0.588 bits per heavy atom. The van der Waals surface area contributed by atoms with Crippen molar-refractivity contribution in [1.29, 1.82) is 0 Å². The maximum absolute atomic E-state index is 12.5. The van der Waals surface area contributed by atoms with Crippen molar-refractivity contribution in [3.63, 3.8) is 0 Å². The highest BCUT2D eigenvalue weighted by atomic mass is 16.5. The highest BCUT2D eigenvalue weighted by molar-refractivity contribution is 5.91. The highest BCUT2D eigenvalue weighted by Gasteiger charge is 2.12. The van der Waals surface area contributed by atoms with Gasteiger partial charge < -0.3 is 28.4 Å². The van der Waals surface area contributed by atoms with Crippen molar-refractivity contribution in [3.8, 4) is 102 Å². The molecule has 0 aliphatic carbocycles. The molecule has 0 N–H and O–H groups in total. The van der Waals surface area contributed by atoms with E-state index in [9.17, 15) is 4.79 Å². The molecule has 3 heterocycles. The van der Waals surface area contributed by atoms with Gasteiger partial charge in [0.2, 0.25) is 0 Å². The van der Waals surface area contributed by atoms with Crippen LogP contribution in [-0.4, -0.2) is 63.9 Å². The fraction of sp³-hybridized carbons (Fsp3) is 0.244. The maximum Gasteiger partial charge on any atom is 0.343 e. The van der Waals surface area contributed by atoms with Crippen LogP contribution in [0.25, 0.3) is 67.2 Å². The molecule has 12 heteroatoms. The van der Waals surface area contributed by atoms with E-state index in [1.807, 2.05) is 111 Å². The van der Waals surface area contributed by atoms with Gasteiger partial charge in [-0.25, -0.2) is 24.7 Å². The van der Waals surface area contributed by atoms with Crippen LogP contribution in [0.3, 0.4) is 0 Å². The summed E-state index contributed by atoms with van der Waals surface area (Å²) in [5.74, 6) is 6.01. The molecule has 0 saturated carbocycles. The first-order valence-electron chi connectivity index (χ1n) is 35.7. The number of rotatable bonds is 31. The molecule has 520 valence electrons. The van der Waals surface area contributed by atoms with E-state index in [0.717, 1.165) is 177 Å². The van der Waals surface area contributed by atoms with Crippen LogP contribution in [0.2, 0.25) is 0 Å². The fourth-order valence-corrected chi connectivity index (χ4v) is 10.8. The highest BCUT2D eigenvalue weighted by Crippen LogP contribution is 2.30. The summed E-state index contributed by atoms with van der Waals surface area (Å²) in [6.07, 6.45) is 20.6. The second-order valence-electron chi connectivity index (χ2n) is 25.4. The third-order valence-electron chi connectivity index (χ3n) is 17.0. The van der Waals surface area contributed by atoms with Crippen LogP contribution >= 0.6 is 0 Å². The third kappa shape index (κ3) is 23.7. The van der Waals surface area contributed by atoms with Gasteiger partial charge in [0, 0.05) is 42.3 Å². The van der Waals surface area contributed by atoms with E-state index >= 15 is 0 Å². The molecule has 0 amide bonds. The molecule has 12 nitrogen and oxygen atoms in total. The number of hydrogen-bond donors (Lipinski definition) is 0. The Balaban J connectivity index is 0.000000169. The van der Waals surface area contributed by atoms with E-state index in [1.54, 1.807) is 30.5 Å². The number of carbonyl (C=O) groups is 1. The zero-order valence-electron chi connectivity index (χ0n) is 59.7.